The van der Waals surface area contributed by atoms with Crippen LogP contribution in [0.5, 0.6) is 5.75 Å². The minimum Gasteiger partial charge on any atom is -0.485 e. The molecule has 21 nitrogen and oxygen atoms in total. The molecule has 0 saturated carbocycles. The average molecular weight is 951 g/mol. The van der Waals surface area contributed by atoms with E-state index in [4.69, 9.17) is 47.5 Å². The third-order valence-corrected chi connectivity index (χ3v) is 13.6. The van der Waals surface area contributed by atoms with Crippen LogP contribution in [0.3, 0.4) is 0 Å². The van der Waals surface area contributed by atoms with Crippen molar-refractivity contribution >= 4 is 35.0 Å². The third kappa shape index (κ3) is 8.35. The van der Waals surface area contributed by atoms with Gasteiger partial charge in [0.1, 0.15) is 41.7 Å². The molecule has 21 heteroatoms. The summed E-state index contributed by atoms with van der Waals surface area (Å²) in [5.74, 6) is -1.25. The first-order valence-corrected chi connectivity index (χ1v) is 23.0. The summed E-state index contributed by atoms with van der Waals surface area (Å²) in [7, 11) is 2.50. The van der Waals surface area contributed by atoms with E-state index in [1.807, 2.05) is 52.0 Å². The number of rotatable bonds is 10. The number of ether oxygens (including phenoxy) is 7. The summed E-state index contributed by atoms with van der Waals surface area (Å²) in [5.41, 5.74) is 3.82. The molecule has 5 aliphatic heterocycles. The standard InChI is InChI=1S/C48H54N8O13/c1-24(2)38(53-45(60)62-5)43(58)55-22-47(65-11-12-66-47)17-32(55)41-49-19-30(51-41)26-7-9-28-34(15-26)64-21-36-37(28)40(57)29-10-8-27(16-35(29)69-36)31-20-50-42(52-31)33-18-48(67-13-14-68-48)23-56(33)44(59)39(25(3)4)54-46(61)63-6/h7-10,15-16,19-20,24-25,32-33,38-39H,11-14,17-18,21-23H2,1-6H3,(H,49,51)(H,50,52)(H,53,60)(H,54,61)/t32-,33-,38-,39-/m0/s1. The predicted octanol–water partition coefficient (Wildman–Crippen LogP) is 4.93. The lowest BCUT2D eigenvalue weighted by Gasteiger charge is -2.30. The number of aromatic nitrogens is 4. The van der Waals surface area contributed by atoms with Crippen molar-refractivity contribution in [2.75, 3.05) is 53.7 Å². The molecule has 3 aromatic heterocycles. The van der Waals surface area contributed by atoms with Crippen molar-refractivity contribution in [1.29, 1.82) is 0 Å². The van der Waals surface area contributed by atoms with Crippen LogP contribution in [0.2, 0.25) is 0 Å². The van der Waals surface area contributed by atoms with Crippen molar-refractivity contribution in [2.24, 2.45) is 11.8 Å². The highest BCUT2D eigenvalue weighted by Crippen LogP contribution is 2.45. The predicted molar refractivity (Wildman–Crippen MR) is 243 cm³/mol. The molecule has 0 bridgehead atoms. The van der Waals surface area contributed by atoms with E-state index >= 15 is 0 Å². The number of nitrogens with zero attached hydrogens (tertiary/aromatic N) is 4. The summed E-state index contributed by atoms with van der Waals surface area (Å²) in [6, 6.07) is 7.97. The number of nitrogens with one attached hydrogen (secondary N) is 4. The number of alkyl carbamates (subject to hydrolysis) is 2. The van der Waals surface area contributed by atoms with Gasteiger partial charge in [0.15, 0.2) is 17.3 Å². The maximum Gasteiger partial charge on any atom is 0.407 e. The van der Waals surface area contributed by atoms with Crippen LogP contribution in [0.1, 0.15) is 70.0 Å². The van der Waals surface area contributed by atoms with E-state index in [1.54, 1.807) is 34.3 Å². The number of benzene rings is 2. The summed E-state index contributed by atoms with van der Waals surface area (Å²) in [5, 5.41) is 5.72. The average Bonchev–Trinajstić information content (AvgIpc) is 4.22. The molecule has 5 aliphatic rings. The molecule has 0 unspecified atom stereocenters. The minimum absolute atomic E-state index is 0.00111. The maximum atomic E-state index is 14.3. The molecular formula is C48H54N8O13. The fourth-order valence-corrected chi connectivity index (χ4v) is 10.0. The number of hydrogen-bond donors (Lipinski definition) is 4. The first-order valence-electron chi connectivity index (χ1n) is 23.0. The van der Waals surface area contributed by atoms with E-state index in [9.17, 15) is 24.0 Å². The number of methoxy groups -OCH3 is 2. The lowest BCUT2D eigenvalue weighted by Crippen LogP contribution is -2.52. The van der Waals surface area contributed by atoms with Gasteiger partial charge in [-0.1, -0.05) is 39.8 Å². The molecule has 364 valence electrons. The number of likely N-dealkylation sites (tertiary alicyclic amines) is 2. The Balaban J connectivity index is 0.898. The van der Waals surface area contributed by atoms with Gasteiger partial charge in [-0.15, -0.1) is 0 Å². The number of aromatic amines is 2. The summed E-state index contributed by atoms with van der Waals surface area (Å²) in [6.45, 7) is 9.24. The van der Waals surface area contributed by atoms with E-state index in [2.05, 4.69) is 20.6 Å². The van der Waals surface area contributed by atoms with Gasteiger partial charge in [0.05, 0.1) is 101 Å². The van der Waals surface area contributed by atoms with Gasteiger partial charge in [0.25, 0.3) is 0 Å². The number of H-pyrrole nitrogens is 2. The summed E-state index contributed by atoms with van der Waals surface area (Å²) in [6.07, 6.45) is 2.58. The van der Waals surface area contributed by atoms with E-state index in [0.717, 1.165) is 5.56 Å². The van der Waals surface area contributed by atoms with Crippen LogP contribution in [0.4, 0.5) is 9.59 Å². The van der Waals surface area contributed by atoms with Crippen molar-refractivity contribution in [1.82, 2.24) is 40.4 Å². The summed E-state index contributed by atoms with van der Waals surface area (Å²) < 4.78 is 46.4. The van der Waals surface area contributed by atoms with Crippen molar-refractivity contribution < 1.29 is 56.8 Å². The second-order valence-electron chi connectivity index (χ2n) is 18.6. The molecule has 69 heavy (non-hydrogen) atoms. The minimum atomic E-state index is -1.01. The smallest absolute Gasteiger partial charge is 0.407 e. The van der Waals surface area contributed by atoms with E-state index < -0.39 is 47.9 Å². The summed E-state index contributed by atoms with van der Waals surface area (Å²) in [4.78, 5) is 86.4. The highest BCUT2D eigenvalue weighted by atomic mass is 16.7. The van der Waals surface area contributed by atoms with Crippen molar-refractivity contribution in [2.45, 2.75) is 82.9 Å². The Morgan fingerprint density at radius 2 is 1.22 bits per heavy atom. The van der Waals surface area contributed by atoms with Crippen LogP contribution in [-0.2, 0) is 44.6 Å². The number of hydrogen-bond acceptors (Lipinski definition) is 15. The monoisotopic (exact) mass is 950 g/mol. The van der Waals surface area contributed by atoms with Crippen LogP contribution in [-0.4, -0.2) is 131 Å². The molecule has 8 heterocycles. The molecule has 4 fully saturated rings. The van der Waals surface area contributed by atoms with Gasteiger partial charge in [0, 0.05) is 29.5 Å². The molecule has 2 aromatic carbocycles. The Kier molecular flexibility index (Phi) is 11.9. The number of fused-ring (bicyclic) bond motifs is 4. The lowest BCUT2D eigenvalue weighted by atomic mass is 9.97. The van der Waals surface area contributed by atoms with Crippen LogP contribution < -0.4 is 20.8 Å². The normalized spacial score (nSPS) is 20.9. The van der Waals surface area contributed by atoms with Gasteiger partial charge < -0.3 is 68.0 Å². The number of carbonyl (C=O) groups excluding carboxylic acids is 4. The molecule has 4 atom stereocenters. The molecule has 5 aromatic rings. The molecule has 0 radical (unpaired) electrons. The Morgan fingerprint density at radius 1 is 0.725 bits per heavy atom. The van der Waals surface area contributed by atoms with Crippen LogP contribution >= 0.6 is 0 Å². The lowest BCUT2D eigenvalue weighted by molar-refractivity contribution is -0.153. The van der Waals surface area contributed by atoms with Gasteiger partial charge in [-0.25, -0.2) is 19.6 Å². The first kappa shape index (κ1) is 45.9. The topological polar surface area (TPSA) is 251 Å². The number of amides is 4. The van der Waals surface area contributed by atoms with Crippen LogP contribution in [0, 0.1) is 11.8 Å². The number of imidazole rings is 2. The molecule has 4 saturated heterocycles. The van der Waals surface area contributed by atoms with Gasteiger partial charge in [0.2, 0.25) is 17.2 Å². The van der Waals surface area contributed by atoms with E-state index in [-0.39, 0.29) is 48.8 Å². The van der Waals surface area contributed by atoms with E-state index in [0.29, 0.717) is 101 Å². The zero-order valence-electron chi connectivity index (χ0n) is 39.0. The van der Waals surface area contributed by atoms with Crippen molar-refractivity contribution in [3.8, 4) is 39.4 Å². The SMILES string of the molecule is COC(=O)N[C@H](C(=O)N1CC2(C[C@H]1c1ncc(-c3ccc4c(c3)OCc3oc5cc(-c6cnc([C@@H]7CC8(CN7C(=O)[C@@H](NC(=O)OC)C(C)C)OCCO8)[nH]6)ccc5c(=O)c3-4)[nH]1)OCCO2)C(C)C. The quantitative estimate of drug-likeness (QED) is 0.145. The van der Waals surface area contributed by atoms with Crippen molar-refractivity contribution in [3.05, 3.63) is 76.4 Å². The zero-order chi connectivity index (χ0) is 48.4. The second-order valence-corrected chi connectivity index (χ2v) is 18.6. The van der Waals surface area contributed by atoms with Gasteiger partial charge in [-0.05, 0) is 36.1 Å². The van der Waals surface area contributed by atoms with Crippen LogP contribution in [0.25, 0.3) is 44.6 Å². The Labute approximate surface area is 395 Å². The molecule has 4 amide bonds. The summed E-state index contributed by atoms with van der Waals surface area (Å²) >= 11 is 0. The van der Waals surface area contributed by atoms with Crippen LogP contribution in [0.15, 0.2) is 58.0 Å². The molecule has 10 rings (SSSR count). The molecule has 0 aliphatic carbocycles. The Hall–Kier alpha value is -6.81. The largest absolute Gasteiger partial charge is 0.485 e. The van der Waals surface area contributed by atoms with Gasteiger partial charge in [-0.2, -0.15) is 0 Å². The highest BCUT2D eigenvalue weighted by Gasteiger charge is 2.54. The molecular weight excluding hydrogens is 897 g/mol. The second kappa shape index (κ2) is 17.9. The highest BCUT2D eigenvalue weighted by molar-refractivity contribution is 5.89. The van der Waals surface area contributed by atoms with Gasteiger partial charge >= 0.3 is 12.2 Å². The first-order chi connectivity index (χ1) is 33.2. The van der Waals surface area contributed by atoms with Gasteiger partial charge in [-0.3, -0.25) is 14.4 Å². The molecule has 4 N–H and O–H groups in total. The Morgan fingerprint density at radius 3 is 1.71 bits per heavy atom. The fourth-order valence-electron chi connectivity index (χ4n) is 10.0. The fraction of sp³-hybridized carbons (Fsp3) is 0.479. The van der Waals surface area contributed by atoms with E-state index in [1.165, 1.54) is 14.2 Å². The Bertz CT molecular complexity index is 2880. The number of carbonyl (C=O) groups is 4. The molecule has 2 spiro atoms. The third-order valence-electron chi connectivity index (χ3n) is 13.6. The maximum absolute atomic E-state index is 14.3. The zero-order valence-corrected chi connectivity index (χ0v) is 39.0. The van der Waals surface area contributed by atoms with Crippen molar-refractivity contribution in [3.63, 3.8) is 0 Å².